The molecular weight excluding hydrogens is 668 g/mol. The van der Waals surface area contributed by atoms with Gasteiger partial charge in [-0.3, -0.25) is 33.3 Å². The van der Waals surface area contributed by atoms with Gasteiger partial charge in [0.15, 0.2) is 6.29 Å². The summed E-state index contributed by atoms with van der Waals surface area (Å²) in [7, 11) is -8.32. The number of methoxy groups -OCH3 is 2. The third-order valence-electron chi connectivity index (χ3n) is 6.38. The Balaban J connectivity index is 2.75. The van der Waals surface area contributed by atoms with Crippen LogP contribution >= 0.6 is 0 Å². The van der Waals surface area contributed by atoms with Gasteiger partial charge in [-0.1, -0.05) is 0 Å². The SMILES string of the molecule is COc1cc(C(C(=O)O)N(CCN(CC(O)O)C(C(=O)O)c2cc(OC)cc(S(=O)(=O)O)c2O)CC(=O)O)c(O)c(S(=O)(=O)O)c1. The Morgan fingerprint density at radius 3 is 1.39 bits per heavy atom. The van der Waals surface area contributed by atoms with Gasteiger partial charge in [0.2, 0.25) is 0 Å². The Labute approximate surface area is 260 Å². The number of rotatable bonds is 17. The first-order valence-corrected chi connectivity index (χ1v) is 15.3. The molecule has 0 radical (unpaired) electrons. The summed E-state index contributed by atoms with van der Waals surface area (Å²) in [5.41, 5.74) is -1.55. The van der Waals surface area contributed by atoms with Crippen LogP contribution in [0.3, 0.4) is 0 Å². The summed E-state index contributed by atoms with van der Waals surface area (Å²) >= 11 is 0. The highest BCUT2D eigenvalue weighted by Crippen LogP contribution is 2.40. The van der Waals surface area contributed by atoms with Gasteiger partial charge in [0.25, 0.3) is 20.2 Å². The van der Waals surface area contributed by atoms with Crippen LogP contribution in [-0.2, 0) is 34.6 Å². The van der Waals surface area contributed by atoms with Crippen molar-refractivity contribution < 1.29 is 85.5 Å². The van der Waals surface area contributed by atoms with Crippen LogP contribution in [0.25, 0.3) is 0 Å². The second kappa shape index (κ2) is 14.9. The number of hydrogen-bond donors (Lipinski definition) is 9. The molecule has 0 heterocycles. The average molecular weight is 699 g/mol. The topological polar surface area (TPSA) is 326 Å². The number of hydrogen-bond acceptors (Lipinski definition) is 15. The number of ether oxygens (including phenoxy) is 2. The van der Waals surface area contributed by atoms with Crippen LogP contribution in [0.2, 0.25) is 0 Å². The molecule has 2 aromatic rings. The molecule has 2 atom stereocenters. The monoisotopic (exact) mass is 698 g/mol. The van der Waals surface area contributed by atoms with Crippen LogP contribution < -0.4 is 9.47 Å². The van der Waals surface area contributed by atoms with Gasteiger partial charge >= 0.3 is 17.9 Å². The summed E-state index contributed by atoms with van der Waals surface area (Å²) in [6.07, 6.45) is -2.32. The lowest BCUT2D eigenvalue weighted by atomic mass is 10.0. The smallest absolute Gasteiger partial charge is 0.325 e. The molecule has 0 bridgehead atoms. The predicted octanol–water partition coefficient (Wildman–Crippen LogP) is -1.44. The van der Waals surface area contributed by atoms with Crippen molar-refractivity contribution in [2.24, 2.45) is 0 Å². The van der Waals surface area contributed by atoms with E-state index in [4.69, 9.17) is 9.47 Å². The van der Waals surface area contributed by atoms with E-state index in [0.717, 1.165) is 26.4 Å². The molecule has 0 fully saturated rings. The summed E-state index contributed by atoms with van der Waals surface area (Å²) < 4.78 is 76.4. The highest BCUT2D eigenvalue weighted by molar-refractivity contribution is 7.86. The maximum Gasteiger partial charge on any atom is 0.325 e. The van der Waals surface area contributed by atoms with Crippen molar-refractivity contribution in [1.82, 2.24) is 9.80 Å². The van der Waals surface area contributed by atoms with Crippen LogP contribution in [0.1, 0.15) is 23.2 Å². The number of benzene rings is 2. The van der Waals surface area contributed by atoms with Crippen molar-refractivity contribution in [3.05, 3.63) is 35.4 Å². The van der Waals surface area contributed by atoms with Crippen molar-refractivity contribution in [1.29, 1.82) is 0 Å². The number of carboxylic acid groups (broad SMARTS) is 3. The number of phenolic OH excluding ortho intramolecular Hbond substituents is 2. The normalized spacial score (nSPS) is 13.5. The maximum atomic E-state index is 12.5. The third-order valence-corrected chi connectivity index (χ3v) is 8.12. The van der Waals surface area contributed by atoms with E-state index in [0.29, 0.717) is 21.9 Å². The zero-order chi connectivity index (χ0) is 35.3. The van der Waals surface area contributed by atoms with Gasteiger partial charge < -0.3 is 45.2 Å². The molecule has 0 aromatic heterocycles. The van der Waals surface area contributed by atoms with E-state index in [-0.39, 0.29) is 11.5 Å². The second-order valence-electron chi connectivity index (χ2n) is 9.40. The first-order chi connectivity index (χ1) is 21.1. The molecule has 0 aliphatic heterocycles. The van der Waals surface area contributed by atoms with E-state index in [1.807, 2.05) is 0 Å². The number of carbonyl (C=O) groups is 3. The summed E-state index contributed by atoms with van der Waals surface area (Å²) in [6.45, 7) is -3.77. The van der Waals surface area contributed by atoms with E-state index >= 15 is 0 Å². The lowest BCUT2D eigenvalue weighted by Gasteiger charge is -2.34. The molecule has 0 spiro atoms. The fraction of sp³-hybridized carbons (Fsp3) is 0.375. The van der Waals surface area contributed by atoms with Crippen molar-refractivity contribution >= 4 is 38.1 Å². The van der Waals surface area contributed by atoms with E-state index in [1.54, 1.807) is 0 Å². The molecule has 20 nitrogen and oxygen atoms in total. The number of phenols is 2. The lowest BCUT2D eigenvalue weighted by Crippen LogP contribution is -2.46. The van der Waals surface area contributed by atoms with Gasteiger partial charge in [0, 0.05) is 36.3 Å². The molecule has 2 aromatic carbocycles. The molecule has 256 valence electrons. The third kappa shape index (κ3) is 9.13. The standard InChI is InChI=1S/C24H30N2O18S2/c1-43-11-5-13(21(31)15(7-11)45(37,38)39)19(23(33)34)25(9-17(27)28)3-4-26(10-18(29)30)20(24(35)36)14-6-12(44-2)8-16(22(14)32)46(40,41)42/h5-8,17,19-20,27-28,31-32H,3-4,9-10H2,1-2H3,(H,29,30)(H,33,34)(H,35,36)(H,37,38,39)(H,40,41,42). The van der Waals surface area contributed by atoms with Gasteiger partial charge in [-0.2, -0.15) is 16.8 Å². The minimum absolute atomic E-state index is 0.377. The molecule has 0 amide bonds. The summed E-state index contributed by atoms with van der Waals surface area (Å²) in [4.78, 5) is 35.6. The Hall–Kier alpha value is -4.29. The second-order valence-corrected chi connectivity index (χ2v) is 12.2. The number of aliphatic hydroxyl groups is 2. The molecule has 0 saturated heterocycles. The summed E-state index contributed by atoms with van der Waals surface area (Å²) in [5, 5.41) is 70.4. The van der Waals surface area contributed by atoms with E-state index < -0.39 is 115 Å². The van der Waals surface area contributed by atoms with Gasteiger partial charge in [0.05, 0.1) is 27.3 Å². The number of aliphatic hydroxyl groups excluding tert-OH is 1. The van der Waals surface area contributed by atoms with Crippen molar-refractivity contribution in [2.75, 3.05) is 40.4 Å². The molecule has 2 unspecified atom stereocenters. The van der Waals surface area contributed by atoms with Crippen molar-refractivity contribution in [3.63, 3.8) is 0 Å². The fourth-order valence-electron chi connectivity index (χ4n) is 4.49. The maximum absolute atomic E-state index is 12.5. The molecule has 22 heteroatoms. The number of nitrogens with zero attached hydrogens (tertiary/aromatic N) is 2. The van der Waals surface area contributed by atoms with Crippen LogP contribution in [0.15, 0.2) is 34.1 Å². The van der Waals surface area contributed by atoms with E-state index in [9.17, 15) is 76.1 Å². The Kier molecular flexibility index (Phi) is 12.2. The predicted molar refractivity (Wildman–Crippen MR) is 149 cm³/mol. The lowest BCUT2D eigenvalue weighted by molar-refractivity contribution is -0.150. The van der Waals surface area contributed by atoms with Crippen LogP contribution in [0, 0.1) is 0 Å². The van der Waals surface area contributed by atoms with Crippen LogP contribution in [0.5, 0.6) is 23.0 Å². The molecule has 9 N–H and O–H groups in total. The first-order valence-electron chi connectivity index (χ1n) is 12.4. The zero-order valence-electron chi connectivity index (χ0n) is 23.8. The minimum atomic E-state index is -5.19. The van der Waals surface area contributed by atoms with Gasteiger partial charge in [-0.05, 0) is 12.1 Å². The van der Waals surface area contributed by atoms with E-state index in [2.05, 4.69) is 0 Å². The first kappa shape index (κ1) is 37.9. The molecule has 0 aliphatic carbocycles. The van der Waals surface area contributed by atoms with Crippen LogP contribution in [0.4, 0.5) is 0 Å². The number of aliphatic carboxylic acids is 3. The fourth-order valence-corrected chi connectivity index (χ4v) is 5.74. The Morgan fingerprint density at radius 2 is 1.09 bits per heavy atom. The minimum Gasteiger partial charge on any atom is -0.506 e. The molecule has 46 heavy (non-hydrogen) atoms. The number of aromatic hydroxyl groups is 2. The van der Waals surface area contributed by atoms with Gasteiger partial charge in [-0.25, -0.2) is 0 Å². The Bertz CT molecular complexity index is 1690. The molecule has 0 saturated carbocycles. The van der Waals surface area contributed by atoms with E-state index in [1.165, 1.54) is 0 Å². The molecule has 0 aliphatic rings. The zero-order valence-corrected chi connectivity index (χ0v) is 25.4. The van der Waals surface area contributed by atoms with Crippen LogP contribution in [-0.4, -0.2) is 136 Å². The quantitative estimate of drug-likeness (QED) is 0.0674. The Morgan fingerprint density at radius 1 is 0.717 bits per heavy atom. The summed E-state index contributed by atoms with van der Waals surface area (Å²) in [5.74, 6) is -8.74. The molecular formula is C24H30N2O18S2. The van der Waals surface area contributed by atoms with Crippen molar-refractivity contribution in [3.8, 4) is 23.0 Å². The number of carboxylic acids is 3. The largest absolute Gasteiger partial charge is 0.506 e. The summed E-state index contributed by atoms with van der Waals surface area (Å²) in [6, 6.07) is -1.43. The van der Waals surface area contributed by atoms with Gasteiger partial charge in [-0.15, -0.1) is 0 Å². The highest BCUT2D eigenvalue weighted by Gasteiger charge is 2.38. The average Bonchev–Trinajstić information content (AvgIpc) is 2.91. The van der Waals surface area contributed by atoms with Gasteiger partial charge in [0.1, 0.15) is 44.9 Å². The van der Waals surface area contributed by atoms with Crippen molar-refractivity contribution in [2.45, 2.75) is 28.2 Å². The highest BCUT2D eigenvalue weighted by atomic mass is 32.2. The molecule has 2 rings (SSSR count).